The molecule has 6 heteroatoms. The molecule has 1 aromatic heterocycles. The molecule has 0 spiro atoms. The number of thiazole rings is 1. The summed E-state index contributed by atoms with van der Waals surface area (Å²) in [5.41, 5.74) is 1.82. The van der Waals surface area contributed by atoms with Crippen LogP contribution in [0.1, 0.15) is 5.56 Å². The van der Waals surface area contributed by atoms with Gasteiger partial charge in [-0.15, -0.1) is 11.3 Å². The first-order valence-corrected chi connectivity index (χ1v) is 9.06. The van der Waals surface area contributed by atoms with Gasteiger partial charge < -0.3 is 0 Å². The summed E-state index contributed by atoms with van der Waals surface area (Å²) in [7, 11) is -3.60. The van der Waals surface area contributed by atoms with Crippen LogP contribution in [0.3, 0.4) is 0 Å². The molecule has 0 aliphatic carbocycles. The molecule has 0 fully saturated rings. The summed E-state index contributed by atoms with van der Waals surface area (Å²) in [6, 6.07) is 18.9. The van der Waals surface area contributed by atoms with E-state index in [-0.39, 0.29) is 11.6 Å². The van der Waals surface area contributed by atoms with Crippen LogP contribution in [0.5, 0.6) is 0 Å². The van der Waals surface area contributed by atoms with E-state index in [0.29, 0.717) is 5.01 Å². The van der Waals surface area contributed by atoms with E-state index in [1.807, 2.05) is 60.7 Å². The van der Waals surface area contributed by atoms with Crippen LogP contribution in [0.4, 0.5) is 0 Å². The van der Waals surface area contributed by atoms with Crippen LogP contribution in [-0.4, -0.2) is 13.4 Å². The Morgan fingerprint density at radius 1 is 0.955 bits per heavy atom. The highest BCUT2D eigenvalue weighted by Gasteiger charge is 2.18. The molecule has 0 aliphatic heterocycles. The zero-order valence-electron chi connectivity index (χ0n) is 11.6. The zero-order valence-corrected chi connectivity index (χ0v) is 13.3. The quantitative estimate of drug-likeness (QED) is 0.781. The molecule has 112 valence electrons. The molecule has 2 aromatic carbocycles. The lowest BCUT2D eigenvalue weighted by Gasteiger charge is -2.04. The molecule has 0 saturated heterocycles. The van der Waals surface area contributed by atoms with Gasteiger partial charge in [-0.25, -0.2) is 18.1 Å². The Morgan fingerprint density at radius 3 is 2.27 bits per heavy atom. The number of hydrogen-bond donors (Lipinski definition) is 1. The van der Waals surface area contributed by atoms with Gasteiger partial charge in [0.15, 0.2) is 5.03 Å². The number of sulfonamides is 1. The highest BCUT2D eigenvalue weighted by Crippen LogP contribution is 2.25. The topological polar surface area (TPSA) is 59.1 Å². The standard InChI is InChI=1S/C16H14N2O2S2/c19-22(20,17-11-13-7-3-1-4-8-13)15-12-21-16(18-15)14-9-5-2-6-10-14/h1-10,12,17H,11H2. The lowest BCUT2D eigenvalue weighted by atomic mass is 10.2. The SMILES string of the molecule is O=S(=O)(NCc1ccccc1)c1csc(-c2ccccc2)n1. The third-order valence-electron chi connectivity index (χ3n) is 3.09. The lowest BCUT2D eigenvalue weighted by Crippen LogP contribution is -2.23. The van der Waals surface area contributed by atoms with Crippen molar-refractivity contribution in [2.75, 3.05) is 0 Å². The molecule has 3 rings (SSSR count). The van der Waals surface area contributed by atoms with E-state index in [4.69, 9.17) is 0 Å². The summed E-state index contributed by atoms with van der Waals surface area (Å²) >= 11 is 1.32. The Labute approximate surface area is 133 Å². The minimum atomic E-state index is -3.60. The van der Waals surface area contributed by atoms with Crippen molar-refractivity contribution in [2.45, 2.75) is 11.6 Å². The number of benzene rings is 2. The second-order valence-corrected chi connectivity index (χ2v) is 7.24. The molecular weight excluding hydrogens is 316 g/mol. The van der Waals surface area contributed by atoms with Gasteiger partial charge in [-0.2, -0.15) is 0 Å². The average Bonchev–Trinajstić information content (AvgIpc) is 3.06. The number of hydrogen-bond acceptors (Lipinski definition) is 4. The summed E-state index contributed by atoms with van der Waals surface area (Å²) < 4.78 is 27.1. The summed E-state index contributed by atoms with van der Waals surface area (Å²) in [6.45, 7) is 0.251. The van der Waals surface area contributed by atoms with Gasteiger partial charge in [0.05, 0.1) is 0 Å². The average molecular weight is 330 g/mol. The van der Waals surface area contributed by atoms with Crippen LogP contribution < -0.4 is 4.72 Å². The van der Waals surface area contributed by atoms with Gasteiger partial charge in [0.25, 0.3) is 10.0 Å². The van der Waals surface area contributed by atoms with E-state index in [1.165, 1.54) is 11.3 Å². The van der Waals surface area contributed by atoms with Crippen molar-refractivity contribution in [2.24, 2.45) is 0 Å². The Hall–Kier alpha value is -2.02. The summed E-state index contributed by atoms with van der Waals surface area (Å²) in [5.74, 6) is 0. The van der Waals surface area contributed by atoms with Crippen LogP contribution in [0.2, 0.25) is 0 Å². The van der Waals surface area contributed by atoms with Crippen molar-refractivity contribution in [1.29, 1.82) is 0 Å². The fourth-order valence-corrected chi connectivity index (χ4v) is 4.06. The molecule has 22 heavy (non-hydrogen) atoms. The van der Waals surface area contributed by atoms with Crippen LogP contribution in [0.25, 0.3) is 10.6 Å². The molecule has 0 radical (unpaired) electrons. The van der Waals surface area contributed by atoms with Crippen LogP contribution in [0, 0.1) is 0 Å². The predicted octanol–water partition coefficient (Wildman–Crippen LogP) is 3.29. The minimum absolute atomic E-state index is 0.0623. The molecule has 0 aliphatic rings. The maximum Gasteiger partial charge on any atom is 0.259 e. The van der Waals surface area contributed by atoms with Crippen molar-refractivity contribution in [3.63, 3.8) is 0 Å². The third kappa shape index (κ3) is 3.41. The number of nitrogens with one attached hydrogen (secondary N) is 1. The molecule has 0 unspecified atom stereocenters. The van der Waals surface area contributed by atoms with E-state index in [2.05, 4.69) is 9.71 Å². The van der Waals surface area contributed by atoms with Crippen LogP contribution in [-0.2, 0) is 16.6 Å². The maximum absolute atomic E-state index is 12.3. The van der Waals surface area contributed by atoms with Crippen molar-refractivity contribution in [3.8, 4) is 10.6 Å². The fraction of sp³-hybridized carbons (Fsp3) is 0.0625. The molecule has 0 bridgehead atoms. The number of nitrogens with zero attached hydrogens (tertiary/aromatic N) is 1. The van der Waals surface area contributed by atoms with E-state index < -0.39 is 10.0 Å². The van der Waals surface area contributed by atoms with E-state index in [1.54, 1.807) is 5.38 Å². The van der Waals surface area contributed by atoms with Gasteiger partial charge in [0.2, 0.25) is 0 Å². The van der Waals surface area contributed by atoms with Crippen LogP contribution >= 0.6 is 11.3 Å². The smallest absolute Gasteiger partial charge is 0.223 e. The zero-order chi connectivity index (χ0) is 15.4. The third-order valence-corrected chi connectivity index (χ3v) is 5.41. The first-order valence-electron chi connectivity index (χ1n) is 6.70. The molecule has 0 atom stereocenters. The number of rotatable bonds is 5. The van der Waals surface area contributed by atoms with Crippen molar-refractivity contribution < 1.29 is 8.42 Å². The number of aromatic nitrogens is 1. The first-order chi connectivity index (χ1) is 10.6. The highest BCUT2D eigenvalue weighted by atomic mass is 32.2. The van der Waals surface area contributed by atoms with E-state index in [0.717, 1.165) is 11.1 Å². The molecular formula is C16H14N2O2S2. The van der Waals surface area contributed by atoms with Gasteiger partial charge in [-0.05, 0) is 5.56 Å². The summed E-state index contributed by atoms with van der Waals surface area (Å²) in [4.78, 5) is 4.23. The van der Waals surface area contributed by atoms with Gasteiger partial charge in [0.1, 0.15) is 5.01 Å². The molecule has 1 heterocycles. The van der Waals surface area contributed by atoms with Gasteiger partial charge in [-0.3, -0.25) is 0 Å². The largest absolute Gasteiger partial charge is 0.259 e. The first kappa shape index (κ1) is 14.9. The normalized spacial score (nSPS) is 11.5. The minimum Gasteiger partial charge on any atom is -0.223 e. The second kappa shape index (κ2) is 6.39. The second-order valence-electron chi connectivity index (χ2n) is 4.67. The van der Waals surface area contributed by atoms with Crippen molar-refractivity contribution in [3.05, 3.63) is 71.6 Å². The van der Waals surface area contributed by atoms with Crippen molar-refractivity contribution in [1.82, 2.24) is 9.71 Å². The molecule has 0 saturated carbocycles. The molecule has 4 nitrogen and oxygen atoms in total. The summed E-state index contributed by atoms with van der Waals surface area (Å²) in [6.07, 6.45) is 0. The van der Waals surface area contributed by atoms with Gasteiger partial charge in [-0.1, -0.05) is 60.7 Å². The lowest BCUT2D eigenvalue weighted by molar-refractivity contribution is 0.578. The Morgan fingerprint density at radius 2 is 1.59 bits per heavy atom. The van der Waals surface area contributed by atoms with Crippen molar-refractivity contribution >= 4 is 21.4 Å². The maximum atomic E-state index is 12.3. The Balaban J connectivity index is 1.77. The fourth-order valence-electron chi connectivity index (χ4n) is 1.94. The molecule has 0 amide bonds. The Bertz CT molecular complexity index is 844. The highest BCUT2D eigenvalue weighted by molar-refractivity contribution is 7.89. The molecule has 3 aromatic rings. The monoisotopic (exact) mass is 330 g/mol. The summed E-state index contributed by atoms with van der Waals surface area (Å²) in [5, 5.41) is 2.32. The van der Waals surface area contributed by atoms with Gasteiger partial charge in [0, 0.05) is 17.5 Å². The Kier molecular flexibility index (Phi) is 4.33. The predicted molar refractivity (Wildman–Crippen MR) is 88.0 cm³/mol. The molecule has 1 N–H and O–H groups in total. The van der Waals surface area contributed by atoms with E-state index in [9.17, 15) is 8.42 Å². The van der Waals surface area contributed by atoms with Crippen LogP contribution in [0.15, 0.2) is 71.1 Å². The van der Waals surface area contributed by atoms with Gasteiger partial charge >= 0.3 is 0 Å². The van der Waals surface area contributed by atoms with E-state index >= 15 is 0 Å².